The van der Waals surface area contributed by atoms with Gasteiger partial charge in [-0.05, 0) is 137 Å². The highest BCUT2D eigenvalue weighted by Crippen LogP contribution is 2.63. The molecule has 1 amide bonds. The number of hydrogen-bond acceptors (Lipinski definition) is 13. The molecule has 7 atom stereocenters. The number of allylic oxidation sites excluding steroid dienone is 2. The fraction of sp³-hybridized carbons (Fsp3) is 0.632. The molecule has 2 aromatic rings. The number of nitrogens with one attached hydrogen (secondary N) is 2. The van der Waals surface area contributed by atoms with Crippen LogP contribution in [0, 0.1) is 22.7 Å². The molecule has 8 N–H and O–H groups in total. The van der Waals surface area contributed by atoms with Crippen LogP contribution in [0.5, 0.6) is 11.5 Å². The summed E-state index contributed by atoms with van der Waals surface area (Å²) in [5.41, 5.74) is 18.0. The van der Waals surface area contributed by atoms with Crippen LogP contribution in [0.2, 0.25) is 0 Å². The van der Waals surface area contributed by atoms with Gasteiger partial charge in [0.05, 0.1) is 11.9 Å². The van der Waals surface area contributed by atoms with E-state index in [0.29, 0.717) is 93.6 Å². The summed E-state index contributed by atoms with van der Waals surface area (Å²) in [5, 5.41) is 30.8. The second-order valence-corrected chi connectivity index (χ2v) is 24.9. The number of aromatic hydroxyl groups is 1. The van der Waals surface area contributed by atoms with Crippen LogP contribution in [-0.2, 0) is 33.7 Å². The van der Waals surface area contributed by atoms with Crippen LogP contribution < -0.4 is 26.8 Å². The Balaban J connectivity index is 1.03. The van der Waals surface area contributed by atoms with Gasteiger partial charge < -0.3 is 46.7 Å². The molecule has 4 bridgehead atoms. The van der Waals surface area contributed by atoms with Crippen molar-refractivity contribution in [3.05, 3.63) is 88.3 Å². The Bertz CT molecular complexity index is 2310. The summed E-state index contributed by atoms with van der Waals surface area (Å²) in [6.07, 6.45) is 27.5. The molecule has 0 radical (unpaired) electrons. The summed E-state index contributed by atoms with van der Waals surface area (Å²) in [4.78, 5) is 33.8. The molecule has 1 saturated heterocycles. The fourth-order valence-corrected chi connectivity index (χ4v) is 17.3. The number of nitrogens with two attached hydrogens (primary N) is 2. The highest BCUT2D eigenvalue weighted by molar-refractivity contribution is 8.77. The molecule has 2 aromatic carbocycles. The predicted octanol–water partition coefficient (Wildman–Crippen LogP) is 9.96. The van der Waals surface area contributed by atoms with E-state index >= 15 is 0 Å². The van der Waals surface area contributed by atoms with Gasteiger partial charge in [0.2, 0.25) is 5.91 Å². The molecule has 9 rings (SSSR count). The Labute approximate surface area is 430 Å². The lowest BCUT2D eigenvalue weighted by Gasteiger charge is -2.44. The van der Waals surface area contributed by atoms with Crippen LogP contribution in [-0.4, -0.2) is 81.5 Å². The van der Waals surface area contributed by atoms with Crippen molar-refractivity contribution in [2.45, 2.75) is 178 Å². The van der Waals surface area contributed by atoms with Crippen LogP contribution >= 0.6 is 21.6 Å². The van der Waals surface area contributed by atoms with Gasteiger partial charge in [-0.15, -0.1) is 0 Å². The average molecular weight is 1010 g/mol. The van der Waals surface area contributed by atoms with Gasteiger partial charge in [0.1, 0.15) is 17.1 Å². The van der Waals surface area contributed by atoms with E-state index in [1.807, 2.05) is 38.6 Å². The number of rotatable bonds is 6. The number of carbonyl (C=O) groups excluding carboxylic acids is 2. The van der Waals surface area contributed by atoms with Crippen LogP contribution in [0.25, 0.3) is 6.08 Å². The number of phenols is 1. The molecule has 2 spiro atoms. The monoisotopic (exact) mass is 1010 g/mol. The van der Waals surface area contributed by atoms with Gasteiger partial charge in [-0.3, -0.25) is 14.6 Å². The first-order valence-electron chi connectivity index (χ1n) is 27.1. The number of dihydropyridines is 1. The molecule has 3 saturated carbocycles. The van der Waals surface area contributed by atoms with E-state index in [9.17, 15) is 19.8 Å². The van der Waals surface area contributed by atoms with Gasteiger partial charge in [0.15, 0.2) is 17.5 Å². The van der Waals surface area contributed by atoms with Crippen molar-refractivity contribution < 1.29 is 29.3 Å². The molecule has 0 unspecified atom stereocenters. The van der Waals surface area contributed by atoms with E-state index in [1.165, 1.54) is 51.0 Å². The number of guanidine groups is 1. The standard InChI is InChI=1S/C57H80N6O6S2/c1-39(64)68-47-21-19-44-32-45(52(67)53-48(44)22-20-43-14-9-16-49(43)69-53)36-63-38-55(35-51(63)66,34-42-23-29-60-50(58)31-42)28-30-61-54(59)62-57(27-10-26-56(57)24-7-8-25-56)71-70-37-41(13-5-6-15-46(65)33-47)18-17-40-11-3-2-4-12-40/h2-4,11-12,20,22-23,31-32,41,43,46-47,49,60,65,67H,5-10,13-19,21,24-30,33-38,58H2,1H3,(H3,59,61,62)/t41-,43+,46+,47-,49+,55+,57+/m1/s1. The minimum Gasteiger partial charge on any atom is -0.504 e. The highest BCUT2D eigenvalue weighted by Gasteiger charge is 2.57. The summed E-state index contributed by atoms with van der Waals surface area (Å²) in [5.74, 6) is 3.12. The van der Waals surface area contributed by atoms with Crippen molar-refractivity contribution in [3.63, 3.8) is 0 Å². The first kappa shape index (κ1) is 51.6. The third-order valence-corrected chi connectivity index (χ3v) is 20.5. The van der Waals surface area contributed by atoms with E-state index in [0.717, 1.165) is 80.2 Å². The minimum absolute atomic E-state index is 0.0315. The number of amides is 1. The topological polar surface area (TPSA) is 185 Å². The second-order valence-electron chi connectivity index (χ2n) is 22.3. The third-order valence-electron chi connectivity index (χ3n) is 17.1. The average Bonchev–Trinajstić information content (AvgIpc) is 4.12. The Morgan fingerprint density at radius 2 is 1.80 bits per heavy atom. The maximum atomic E-state index is 14.4. The molecule has 386 valence electrons. The van der Waals surface area contributed by atoms with E-state index < -0.39 is 17.6 Å². The summed E-state index contributed by atoms with van der Waals surface area (Å²) in [6.45, 7) is 3.25. The van der Waals surface area contributed by atoms with E-state index in [1.54, 1.807) is 0 Å². The molecule has 7 aliphatic rings. The second kappa shape index (κ2) is 23.3. The van der Waals surface area contributed by atoms with E-state index in [-0.39, 0.29) is 46.5 Å². The summed E-state index contributed by atoms with van der Waals surface area (Å²) >= 11 is 0. The lowest BCUT2D eigenvalue weighted by atomic mass is 9.77. The van der Waals surface area contributed by atoms with Crippen LogP contribution in [0.15, 0.2) is 71.0 Å². The molecule has 0 aromatic heterocycles. The minimum atomic E-state index is -0.613. The number of nitrogens with zero attached hydrogens (tertiary/aromatic N) is 2. The lowest BCUT2D eigenvalue weighted by molar-refractivity contribution is -0.148. The number of esters is 1. The number of aliphatic imine (C=N–C) groups is 1. The Hall–Kier alpha value is -4.27. The van der Waals surface area contributed by atoms with Crippen molar-refractivity contribution in [1.82, 2.24) is 15.5 Å². The smallest absolute Gasteiger partial charge is 0.302 e. The first-order valence-corrected chi connectivity index (χ1v) is 29.4. The number of carbonyl (C=O) groups is 2. The van der Waals surface area contributed by atoms with Crippen LogP contribution in [0.1, 0.15) is 158 Å². The molecule has 4 aliphatic heterocycles. The van der Waals surface area contributed by atoms with Gasteiger partial charge in [0.25, 0.3) is 0 Å². The number of benzene rings is 2. The van der Waals surface area contributed by atoms with Crippen molar-refractivity contribution in [1.29, 1.82) is 0 Å². The van der Waals surface area contributed by atoms with Gasteiger partial charge in [-0.25, -0.2) is 0 Å². The zero-order valence-corrected chi connectivity index (χ0v) is 43.8. The molecule has 12 nitrogen and oxygen atoms in total. The Morgan fingerprint density at radius 1 is 0.986 bits per heavy atom. The third kappa shape index (κ3) is 12.6. The number of ether oxygens (including phenoxy) is 2. The predicted molar refractivity (Wildman–Crippen MR) is 287 cm³/mol. The molecule has 4 heterocycles. The number of aryl methyl sites for hydroxylation is 2. The summed E-state index contributed by atoms with van der Waals surface area (Å²) in [7, 11) is 4.02. The number of aliphatic hydroxyl groups is 1. The Kier molecular flexibility index (Phi) is 16.9. The van der Waals surface area contributed by atoms with Crippen molar-refractivity contribution >= 4 is 45.5 Å². The molecule has 4 fully saturated rings. The number of fused-ring (bicyclic) bond motifs is 8. The van der Waals surface area contributed by atoms with Gasteiger partial charge in [-0.2, -0.15) is 0 Å². The Morgan fingerprint density at radius 3 is 2.62 bits per heavy atom. The summed E-state index contributed by atoms with van der Waals surface area (Å²) in [6, 6.07) is 12.8. The van der Waals surface area contributed by atoms with E-state index in [4.69, 9.17) is 25.9 Å². The van der Waals surface area contributed by atoms with E-state index in [2.05, 4.69) is 59.2 Å². The molecule has 3 aliphatic carbocycles. The molecule has 71 heavy (non-hydrogen) atoms. The summed E-state index contributed by atoms with van der Waals surface area (Å²) < 4.78 is 12.7. The van der Waals surface area contributed by atoms with Gasteiger partial charge in [0, 0.05) is 79.6 Å². The number of hydrogen-bond donors (Lipinski definition) is 6. The molecule has 14 heteroatoms. The number of aliphatic hydroxyl groups excluding tert-OH is 1. The normalized spacial score (nSPS) is 30.8. The SMILES string of the molecule is CC(=O)O[C@@H]1CCc2cc(c(O)c3c2C=C[C@@H]2CCC[C@@H]2O3)CN2C[C@](CC3=CCNC(N)=C3)(CCN=C(N)N[C@@]3(CCCC34CCCC4)SSC[C@@H](CCc3ccccc3)CCCC[C@H](O)C1)CC2=O. The van der Waals surface area contributed by atoms with Crippen LogP contribution in [0.4, 0.5) is 0 Å². The maximum Gasteiger partial charge on any atom is 0.302 e. The molecular formula is C57H80N6O6S2. The first-order chi connectivity index (χ1) is 34.4. The maximum absolute atomic E-state index is 14.4. The fourth-order valence-electron chi connectivity index (χ4n) is 13.4. The molecular weight excluding hydrogens is 929 g/mol. The zero-order valence-electron chi connectivity index (χ0n) is 42.1. The van der Waals surface area contributed by atoms with Crippen molar-refractivity contribution in [3.8, 4) is 11.5 Å². The zero-order chi connectivity index (χ0) is 49.4. The lowest BCUT2D eigenvalue weighted by Crippen LogP contribution is -2.55. The quantitative estimate of drug-likeness (QED) is 0.119. The van der Waals surface area contributed by atoms with Gasteiger partial charge >= 0.3 is 5.97 Å². The largest absolute Gasteiger partial charge is 0.504 e. The van der Waals surface area contributed by atoms with Crippen LogP contribution in [0.3, 0.4) is 0 Å². The number of phenolic OH excluding ortho intramolecular Hbond substituents is 1. The van der Waals surface area contributed by atoms with Gasteiger partial charge in [-0.1, -0.05) is 95.8 Å². The van der Waals surface area contributed by atoms with Crippen molar-refractivity contribution in [2.75, 3.05) is 25.4 Å². The highest BCUT2D eigenvalue weighted by atomic mass is 33.1. The van der Waals surface area contributed by atoms with Crippen molar-refractivity contribution in [2.24, 2.45) is 39.1 Å².